The van der Waals surface area contributed by atoms with Crippen molar-refractivity contribution in [3.8, 4) is 0 Å². The molecule has 3 rings (SSSR count). The highest BCUT2D eigenvalue weighted by Crippen LogP contribution is 2.34. The molecule has 0 spiro atoms. The first kappa shape index (κ1) is 15.8. The molecule has 0 unspecified atom stereocenters. The van der Waals surface area contributed by atoms with Crippen LogP contribution in [0.15, 0.2) is 10.7 Å². The van der Waals surface area contributed by atoms with Gasteiger partial charge in [0.2, 0.25) is 0 Å². The lowest BCUT2D eigenvalue weighted by atomic mass is 9.95. The van der Waals surface area contributed by atoms with Crippen molar-refractivity contribution < 1.29 is 9.32 Å². The Morgan fingerprint density at radius 1 is 1.39 bits per heavy atom. The molecule has 1 aliphatic heterocycles. The molecule has 1 fully saturated rings. The second-order valence-electron chi connectivity index (χ2n) is 6.63. The van der Waals surface area contributed by atoms with Crippen molar-refractivity contribution in [1.82, 2.24) is 20.3 Å². The maximum absolute atomic E-state index is 13.2. The van der Waals surface area contributed by atoms with Crippen LogP contribution in [0, 0.1) is 13.8 Å². The van der Waals surface area contributed by atoms with E-state index in [1.165, 1.54) is 0 Å². The molecule has 23 heavy (non-hydrogen) atoms. The first-order chi connectivity index (χ1) is 11.0. The van der Waals surface area contributed by atoms with E-state index in [0.29, 0.717) is 11.3 Å². The minimum atomic E-state index is 0.0196. The molecule has 0 radical (unpaired) electrons. The molecule has 0 bridgehead atoms. The minimum absolute atomic E-state index is 0.0196. The average molecular weight is 316 g/mol. The lowest BCUT2D eigenvalue weighted by molar-refractivity contribution is 0.0602. The molecular weight excluding hydrogens is 292 g/mol. The molecule has 0 aliphatic carbocycles. The fourth-order valence-corrected chi connectivity index (χ4v) is 3.36. The zero-order chi connectivity index (χ0) is 16.6. The number of carbonyl (C=O) groups excluding carboxylic acids is 1. The lowest BCUT2D eigenvalue weighted by Crippen LogP contribution is -2.39. The van der Waals surface area contributed by atoms with E-state index in [-0.39, 0.29) is 17.9 Å². The van der Waals surface area contributed by atoms with E-state index in [4.69, 9.17) is 4.52 Å². The van der Waals surface area contributed by atoms with Gasteiger partial charge in [-0.1, -0.05) is 19.0 Å². The van der Waals surface area contributed by atoms with Crippen molar-refractivity contribution in [2.75, 3.05) is 6.54 Å². The summed E-state index contributed by atoms with van der Waals surface area (Å²) in [5.41, 5.74) is 3.52. The van der Waals surface area contributed by atoms with Gasteiger partial charge in [0, 0.05) is 6.54 Å². The first-order valence-electron chi connectivity index (χ1n) is 8.27. The lowest BCUT2D eigenvalue weighted by Gasteiger charge is -2.35. The van der Waals surface area contributed by atoms with Gasteiger partial charge in [0.05, 0.1) is 23.6 Å². The molecule has 1 amide bonds. The van der Waals surface area contributed by atoms with Crippen LogP contribution in [0.1, 0.15) is 78.1 Å². The number of nitrogens with zero attached hydrogens (tertiary/aromatic N) is 3. The van der Waals surface area contributed by atoms with Crippen molar-refractivity contribution in [2.24, 2.45) is 0 Å². The molecule has 1 saturated heterocycles. The standard InChI is InChI=1S/C17H24N4O2/c1-10(2)15-14(12(4)23-20-15)17(22)21-8-6-5-7-13(21)16-11(3)9-18-19-16/h9-10,13H,5-8H2,1-4H3,(H,18,19)/t13-/m1/s1. The van der Waals surface area contributed by atoms with E-state index in [2.05, 4.69) is 15.4 Å². The average Bonchev–Trinajstić information content (AvgIpc) is 3.12. The Morgan fingerprint density at radius 3 is 2.83 bits per heavy atom. The number of rotatable bonds is 3. The van der Waals surface area contributed by atoms with Crippen molar-refractivity contribution in [2.45, 2.75) is 58.9 Å². The van der Waals surface area contributed by atoms with Gasteiger partial charge in [0.25, 0.3) is 5.91 Å². The summed E-state index contributed by atoms with van der Waals surface area (Å²) in [6.07, 6.45) is 4.91. The van der Waals surface area contributed by atoms with Crippen molar-refractivity contribution in [3.63, 3.8) is 0 Å². The number of piperidine rings is 1. The van der Waals surface area contributed by atoms with E-state index in [0.717, 1.165) is 42.8 Å². The van der Waals surface area contributed by atoms with Crippen LogP contribution >= 0.6 is 0 Å². The summed E-state index contributed by atoms with van der Waals surface area (Å²) in [4.78, 5) is 15.2. The minimum Gasteiger partial charge on any atom is -0.361 e. The third kappa shape index (κ3) is 2.78. The van der Waals surface area contributed by atoms with E-state index < -0.39 is 0 Å². The Hall–Kier alpha value is -2.11. The highest BCUT2D eigenvalue weighted by atomic mass is 16.5. The summed E-state index contributed by atoms with van der Waals surface area (Å²) in [6.45, 7) is 8.65. The van der Waals surface area contributed by atoms with Gasteiger partial charge in [0.1, 0.15) is 11.3 Å². The summed E-state index contributed by atoms with van der Waals surface area (Å²) in [5.74, 6) is 0.777. The SMILES string of the molecule is Cc1cn[nH]c1[C@H]1CCCCN1C(=O)c1c(C(C)C)noc1C. The zero-order valence-corrected chi connectivity index (χ0v) is 14.2. The molecular formula is C17H24N4O2. The zero-order valence-electron chi connectivity index (χ0n) is 14.2. The van der Waals surface area contributed by atoms with Gasteiger partial charge in [-0.2, -0.15) is 5.10 Å². The van der Waals surface area contributed by atoms with Gasteiger partial charge in [-0.25, -0.2) is 0 Å². The van der Waals surface area contributed by atoms with Crippen LogP contribution in [0.2, 0.25) is 0 Å². The van der Waals surface area contributed by atoms with Crippen molar-refractivity contribution in [3.05, 3.63) is 34.5 Å². The van der Waals surface area contributed by atoms with E-state index >= 15 is 0 Å². The molecule has 0 aromatic carbocycles. The Bertz CT molecular complexity index is 701. The second kappa shape index (κ2) is 6.18. The Kier molecular flexibility index (Phi) is 4.24. The third-order valence-electron chi connectivity index (χ3n) is 4.61. The number of hydrogen-bond acceptors (Lipinski definition) is 4. The highest BCUT2D eigenvalue weighted by molar-refractivity contribution is 5.96. The van der Waals surface area contributed by atoms with E-state index in [9.17, 15) is 4.79 Å². The third-order valence-corrected chi connectivity index (χ3v) is 4.61. The van der Waals surface area contributed by atoms with Gasteiger partial charge in [-0.3, -0.25) is 9.89 Å². The van der Waals surface area contributed by atoms with Crippen LogP contribution < -0.4 is 0 Å². The Balaban J connectivity index is 1.97. The molecule has 1 N–H and O–H groups in total. The number of nitrogens with one attached hydrogen (secondary N) is 1. The summed E-state index contributed by atoms with van der Waals surface area (Å²) >= 11 is 0. The first-order valence-corrected chi connectivity index (χ1v) is 8.27. The van der Waals surface area contributed by atoms with Crippen LogP contribution in [0.4, 0.5) is 0 Å². The predicted molar refractivity (Wildman–Crippen MR) is 86.3 cm³/mol. The second-order valence-corrected chi connectivity index (χ2v) is 6.63. The molecule has 3 heterocycles. The van der Waals surface area contributed by atoms with Crippen molar-refractivity contribution >= 4 is 5.91 Å². The normalized spacial score (nSPS) is 18.7. The largest absolute Gasteiger partial charge is 0.361 e. The molecule has 6 heteroatoms. The monoisotopic (exact) mass is 316 g/mol. The number of aromatic amines is 1. The molecule has 6 nitrogen and oxygen atoms in total. The maximum Gasteiger partial charge on any atom is 0.259 e. The molecule has 1 atom stereocenters. The topological polar surface area (TPSA) is 75.0 Å². The molecule has 124 valence electrons. The quantitative estimate of drug-likeness (QED) is 0.940. The predicted octanol–water partition coefficient (Wildman–Crippen LogP) is 3.51. The Labute approximate surface area is 136 Å². The van der Waals surface area contributed by atoms with Gasteiger partial charge >= 0.3 is 0 Å². The van der Waals surface area contributed by atoms with Crippen molar-refractivity contribution in [1.29, 1.82) is 0 Å². The van der Waals surface area contributed by atoms with E-state index in [1.807, 2.05) is 38.8 Å². The van der Waals surface area contributed by atoms with Crippen LogP contribution in [0.25, 0.3) is 0 Å². The fraction of sp³-hybridized carbons (Fsp3) is 0.588. The fourth-order valence-electron chi connectivity index (χ4n) is 3.36. The molecule has 2 aromatic heterocycles. The highest BCUT2D eigenvalue weighted by Gasteiger charge is 2.34. The number of aryl methyl sites for hydroxylation is 2. The summed E-state index contributed by atoms with van der Waals surface area (Å²) < 4.78 is 5.30. The number of aromatic nitrogens is 3. The maximum atomic E-state index is 13.2. The van der Waals surface area contributed by atoms with Gasteiger partial charge in [-0.15, -0.1) is 0 Å². The van der Waals surface area contributed by atoms with Crippen LogP contribution in [-0.4, -0.2) is 32.7 Å². The van der Waals surface area contributed by atoms with Crippen LogP contribution in [0.3, 0.4) is 0 Å². The van der Waals surface area contributed by atoms with Gasteiger partial charge in [-0.05, 0) is 44.6 Å². The van der Waals surface area contributed by atoms with E-state index in [1.54, 1.807) is 0 Å². The van der Waals surface area contributed by atoms with Gasteiger partial charge < -0.3 is 9.42 Å². The van der Waals surface area contributed by atoms with Gasteiger partial charge in [0.15, 0.2) is 0 Å². The number of carbonyl (C=O) groups is 1. The molecule has 2 aromatic rings. The summed E-state index contributed by atoms with van der Waals surface area (Å²) in [7, 11) is 0. The number of hydrogen-bond donors (Lipinski definition) is 1. The summed E-state index contributed by atoms with van der Waals surface area (Å²) in [5, 5.41) is 11.3. The number of amides is 1. The van der Waals surface area contributed by atoms with Crippen LogP contribution in [-0.2, 0) is 0 Å². The Morgan fingerprint density at radius 2 is 2.17 bits per heavy atom. The summed E-state index contributed by atoms with van der Waals surface area (Å²) in [6, 6.07) is 0.0491. The number of H-pyrrole nitrogens is 1. The number of likely N-dealkylation sites (tertiary alicyclic amines) is 1. The van der Waals surface area contributed by atoms with Crippen LogP contribution in [0.5, 0.6) is 0 Å². The molecule has 1 aliphatic rings. The molecule has 0 saturated carbocycles. The smallest absolute Gasteiger partial charge is 0.259 e.